The molecule has 5 nitrogen and oxygen atoms in total. The zero-order valence-electron chi connectivity index (χ0n) is 35.0. The maximum Gasteiger partial charge on any atom is 0.164 e. The third-order valence-electron chi connectivity index (χ3n) is 13.3. The van der Waals surface area contributed by atoms with Crippen LogP contribution in [0.3, 0.4) is 0 Å². The first-order chi connectivity index (χ1) is 30.2. The van der Waals surface area contributed by atoms with Crippen LogP contribution in [-0.4, -0.2) is 15.0 Å². The molecule has 0 saturated carbocycles. The lowest BCUT2D eigenvalue weighted by Gasteiger charge is -2.29. The molecule has 0 amide bonds. The standard InChI is InChI=1S/C57H42N4O/c1-56(2)47-21-13-11-19-41(47)43-28-24-38(32-49(43)56)61(39-25-29-44-42-20-12-14-22-48(42)57(3,4)50(44)33-39)40-26-30-46-45-27-23-37(31-51(45)62-52(46)34-40)55-59-53(35-15-7-5-8-16-35)58-54(60-55)36-17-9-6-10-18-36/h5-34H,1-4H3. The number of anilines is 3. The molecule has 5 heteroatoms. The number of hydrogen-bond acceptors (Lipinski definition) is 5. The fourth-order valence-corrected chi connectivity index (χ4v) is 10.1. The van der Waals surface area contributed by atoms with E-state index in [1.165, 1.54) is 44.5 Å². The van der Waals surface area contributed by atoms with Crippen LogP contribution in [0.1, 0.15) is 49.9 Å². The average Bonchev–Trinajstić information content (AvgIpc) is 3.88. The molecule has 0 aliphatic heterocycles. The third kappa shape index (κ3) is 5.51. The van der Waals surface area contributed by atoms with E-state index in [4.69, 9.17) is 19.4 Å². The van der Waals surface area contributed by atoms with Crippen molar-refractivity contribution < 1.29 is 4.42 Å². The lowest BCUT2D eigenvalue weighted by Crippen LogP contribution is -2.18. The molecule has 12 rings (SSSR count). The average molecular weight is 799 g/mol. The Bertz CT molecular complexity index is 3250. The Balaban J connectivity index is 1.000. The number of furan rings is 1. The molecule has 0 saturated heterocycles. The molecule has 0 N–H and O–H groups in total. The van der Waals surface area contributed by atoms with E-state index in [0.29, 0.717) is 17.5 Å². The smallest absolute Gasteiger partial charge is 0.164 e. The van der Waals surface area contributed by atoms with Crippen molar-refractivity contribution in [3.63, 3.8) is 0 Å². The molecule has 8 aromatic carbocycles. The van der Waals surface area contributed by atoms with E-state index in [2.05, 4.69) is 154 Å². The van der Waals surface area contributed by atoms with Crippen molar-refractivity contribution in [2.75, 3.05) is 4.90 Å². The Labute approximate surface area is 361 Å². The maximum absolute atomic E-state index is 6.81. The summed E-state index contributed by atoms with van der Waals surface area (Å²) in [6.07, 6.45) is 0. The number of fused-ring (bicyclic) bond motifs is 9. The first-order valence-electron chi connectivity index (χ1n) is 21.3. The molecule has 2 heterocycles. The van der Waals surface area contributed by atoms with Crippen LogP contribution >= 0.6 is 0 Å². The number of nitrogens with zero attached hydrogens (tertiary/aromatic N) is 4. The van der Waals surface area contributed by atoms with Gasteiger partial charge in [0.1, 0.15) is 11.2 Å². The highest BCUT2D eigenvalue weighted by atomic mass is 16.3. The predicted octanol–water partition coefficient (Wildman–Crippen LogP) is 14.9. The molecule has 0 bridgehead atoms. The summed E-state index contributed by atoms with van der Waals surface area (Å²) in [5.74, 6) is 1.85. The lowest BCUT2D eigenvalue weighted by atomic mass is 9.82. The van der Waals surface area contributed by atoms with Gasteiger partial charge in [-0.05, 0) is 93.0 Å². The Morgan fingerprint density at radius 1 is 0.355 bits per heavy atom. The van der Waals surface area contributed by atoms with Gasteiger partial charge in [-0.15, -0.1) is 0 Å². The Morgan fingerprint density at radius 2 is 0.758 bits per heavy atom. The summed E-state index contributed by atoms with van der Waals surface area (Å²) < 4.78 is 6.81. The third-order valence-corrected chi connectivity index (χ3v) is 13.3. The molecule has 2 aliphatic carbocycles. The molecule has 296 valence electrons. The van der Waals surface area contributed by atoms with Gasteiger partial charge < -0.3 is 9.32 Å². The minimum absolute atomic E-state index is 0.141. The van der Waals surface area contributed by atoms with Crippen LogP contribution in [0.15, 0.2) is 186 Å². The van der Waals surface area contributed by atoms with Crippen molar-refractivity contribution in [3.8, 4) is 56.4 Å². The summed E-state index contributed by atoms with van der Waals surface area (Å²) in [6, 6.07) is 64.7. The molecular weight excluding hydrogens is 757 g/mol. The van der Waals surface area contributed by atoms with Gasteiger partial charge in [0.25, 0.3) is 0 Å². The first kappa shape index (κ1) is 36.2. The Kier molecular flexibility index (Phi) is 7.85. The molecule has 0 atom stereocenters. The van der Waals surface area contributed by atoms with Crippen LogP contribution in [0.2, 0.25) is 0 Å². The van der Waals surface area contributed by atoms with Crippen molar-refractivity contribution in [2.45, 2.75) is 38.5 Å². The molecular formula is C57H42N4O. The van der Waals surface area contributed by atoms with Crippen LogP contribution in [0.4, 0.5) is 17.1 Å². The highest BCUT2D eigenvalue weighted by Crippen LogP contribution is 2.53. The second-order valence-corrected chi connectivity index (χ2v) is 17.7. The quantitative estimate of drug-likeness (QED) is 0.168. The molecule has 2 aromatic heterocycles. The van der Waals surface area contributed by atoms with Gasteiger partial charge in [0.15, 0.2) is 17.5 Å². The molecule has 62 heavy (non-hydrogen) atoms. The number of hydrogen-bond donors (Lipinski definition) is 0. The van der Waals surface area contributed by atoms with E-state index >= 15 is 0 Å². The Morgan fingerprint density at radius 3 is 1.29 bits per heavy atom. The Hall–Kier alpha value is -7.63. The van der Waals surface area contributed by atoms with E-state index in [1.807, 2.05) is 60.7 Å². The summed E-state index contributed by atoms with van der Waals surface area (Å²) in [5.41, 5.74) is 17.9. The predicted molar refractivity (Wildman–Crippen MR) is 253 cm³/mol. The fourth-order valence-electron chi connectivity index (χ4n) is 10.1. The van der Waals surface area contributed by atoms with E-state index in [9.17, 15) is 0 Å². The van der Waals surface area contributed by atoms with E-state index in [0.717, 1.165) is 55.7 Å². The van der Waals surface area contributed by atoms with Crippen LogP contribution in [0.5, 0.6) is 0 Å². The molecule has 0 spiro atoms. The van der Waals surface area contributed by atoms with Crippen molar-refractivity contribution in [1.29, 1.82) is 0 Å². The van der Waals surface area contributed by atoms with Gasteiger partial charge >= 0.3 is 0 Å². The van der Waals surface area contributed by atoms with Gasteiger partial charge in [0.2, 0.25) is 0 Å². The molecule has 0 radical (unpaired) electrons. The lowest BCUT2D eigenvalue weighted by molar-refractivity contribution is 0.660. The van der Waals surface area contributed by atoms with Crippen molar-refractivity contribution in [1.82, 2.24) is 15.0 Å². The monoisotopic (exact) mass is 798 g/mol. The summed E-state index contributed by atoms with van der Waals surface area (Å²) >= 11 is 0. The SMILES string of the molecule is CC1(C)c2ccccc2-c2ccc(N(c3ccc4c(c3)C(C)(C)c3ccccc3-4)c3ccc4c(c3)oc3cc(-c5nc(-c6ccccc6)nc(-c6ccccc6)n5)ccc34)cc21. The van der Waals surface area contributed by atoms with Gasteiger partial charge in [-0.2, -0.15) is 0 Å². The topological polar surface area (TPSA) is 55.1 Å². The second-order valence-electron chi connectivity index (χ2n) is 17.7. The van der Waals surface area contributed by atoms with Crippen molar-refractivity contribution >= 4 is 39.0 Å². The fraction of sp³-hybridized carbons (Fsp3) is 0.105. The van der Waals surface area contributed by atoms with Gasteiger partial charge in [-0.3, -0.25) is 0 Å². The second kappa shape index (κ2) is 13.4. The van der Waals surface area contributed by atoms with Crippen LogP contribution in [0.25, 0.3) is 78.4 Å². The van der Waals surface area contributed by atoms with Gasteiger partial charge in [-0.25, -0.2) is 15.0 Å². The van der Waals surface area contributed by atoms with Gasteiger partial charge in [0, 0.05) is 61.4 Å². The highest BCUT2D eigenvalue weighted by molar-refractivity contribution is 6.07. The summed E-state index contributed by atoms with van der Waals surface area (Å²) in [6.45, 7) is 9.38. The normalized spacial score (nSPS) is 14.1. The minimum atomic E-state index is -0.141. The molecule has 10 aromatic rings. The van der Waals surface area contributed by atoms with Crippen LogP contribution in [-0.2, 0) is 10.8 Å². The van der Waals surface area contributed by atoms with Crippen LogP contribution < -0.4 is 4.90 Å². The van der Waals surface area contributed by atoms with Gasteiger partial charge in [0.05, 0.1) is 0 Å². The summed E-state index contributed by atoms with van der Waals surface area (Å²) in [5, 5.41) is 2.09. The molecule has 2 aliphatic rings. The number of aromatic nitrogens is 3. The zero-order valence-corrected chi connectivity index (χ0v) is 35.0. The number of benzene rings is 8. The van der Waals surface area contributed by atoms with Crippen molar-refractivity contribution in [3.05, 3.63) is 204 Å². The highest BCUT2D eigenvalue weighted by Gasteiger charge is 2.37. The number of rotatable bonds is 6. The zero-order chi connectivity index (χ0) is 41.7. The van der Waals surface area contributed by atoms with Crippen LogP contribution in [0, 0.1) is 0 Å². The molecule has 0 fully saturated rings. The van der Waals surface area contributed by atoms with E-state index in [-0.39, 0.29) is 10.8 Å². The first-order valence-corrected chi connectivity index (χ1v) is 21.3. The van der Waals surface area contributed by atoms with Gasteiger partial charge in [-0.1, -0.05) is 155 Å². The molecule has 0 unspecified atom stereocenters. The van der Waals surface area contributed by atoms with E-state index < -0.39 is 0 Å². The van der Waals surface area contributed by atoms with E-state index in [1.54, 1.807) is 0 Å². The summed E-state index contributed by atoms with van der Waals surface area (Å²) in [7, 11) is 0. The summed E-state index contributed by atoms with van der Waals surface area (Å²) in [4.78, 5) is 17.3. The minimum Gasteiger partial charge on any atom is -0.456 e. The maximum atomic E-state index is 6.81. The largest absolute Gasteiger partial charge is 0.456 e. The van der Waals surface area contributed by atoms with Crippen molar-refractivity contribution in [2.24, 2.45) is 0 Å².